The summed E-state index contributed by atoms with van der Waals surface area (Å²) >= 11 is 0. The van der Waals surface area contributed by atoms with Crippen LogP contribution in [0.5, 0.6) is 0 Å². The van der Waals surface area contributed by atoms with Gasteiger partial charge >= 0.3 is 0 Å². The van der Waals surface area contributed by atoms with Gasteiger partial charge in [-0.15, -0.1) is 0 Å². The first-order chi connectivity index (χ1) is 11.5. The summed E-state index contributed by atoms with van der Waals surface area (Å²) in [5.41, 5.74) is 3.14. The van der Waals surface area contributed by atoms with Gasteiger partial charge in [-0.05, 0) is 44.7 Å². The van der Waals surface area contributed by atoms with E-state index in [-0.39, 0.29) is 5.54 Å². The van der Waals surface area contributed by atoms with Gasteiger partial charge in [0.15, 0.2) is 0 Å². The summed E-state index contributed by atoms with van der Waals surface area (Å²) in [4.78, 5) is 6.59. The maximum Gasteiger partial charge on any atom is 0.137 e. The van der Waals surface area contributed by atoms with Crippen LogP contribution in [0.1, 0.15) is 38.3 Å². The molecule has 1 aromatic heterocycles. The van der Waals surface area contributed by atoms with Crippen molar-refractivity contribution in [1.29, 1.82) is 0 Å². The summed E-state index contributed by atoms with van der Waals surface area (Å²) in [6.07, 6.45) is 5.58. The van der Waals surface area contributed by atoms with E-state index in [1.807, 2.05) is 4.68 Å². The lowest BCUT2D eigenvalue weighted by molar-refractivity contribution is 0.0998. The molecule has 0 amide bonds. The Morgan fingerprint density at radius 3 is 2.79 bits per heavy atom. The fraction of sp³-hybridized carbons (Fsp3) is 0.579. The third-order valence-corrected chi connectivity index (χ3v) is 5.13. The summed E-state index contributed by atoms with van der Waals surface area (Å²) in [5, 5.41) is 7.86. The highest BCUT2D eigenvalue weighted by Crippen LogP contribution is 2.25. The Morgan fingerprint density at radius 2 is 2.04 bits per heavy atom. The monoisotopic (exact) mass is 327 g/mol. The van der Waals surface area contributed by atoms with Crippen molar-refractivity contribution in [2.24, 2.45) is 0 Å². The van der Waals surface area contributed by atoms with E-state index in [9.17, 15) is 0 Å². The van der Waals surface area contributed by atoms with Crippen LogP contribution in [-0.4, -0.2) is 44.3 Å². The quantitative estimate of drug-likeness (QED) is 0.849. The molecule has 0 saturated heterocycles. The molecule has 0 unspecified atom stereocenters. The molecule has 1 aliphatic heterocycles. The Bertz CT molecular complexity index is 635. The standard InChI is InChI=1S/C19H29N5/c1-16(8-11-24-15-20-14-22-24)21-13-19(2,3)23-10-9-17-6-4-5-7-18(17)12-23/h4-7,14-16,21H,8-13H2,1-3H3/t16-/m1/s1. The van der Waals surface area contributed by atoms with Crippen LogP contribution in [0.2, 0.25) is 0 Å². The first-order valence-electron chi connectivity index (χ1n) is 8.92. The van der Waals surface area contributed by atoms with E-state index in [1.165, 1.54) is 11.1 Å². The maximum absolute atomic E-state index is 4.16. The number of fused-ring (bicyclic) bond motifs is 1. The minimum Gasteiger partial charge on any atom is -0.312 e. The third kappa shape index (κ3) is 4.22. The number of hydrogen-bond donors (Lipinski definition) is 1. The van der Waals surface area contributed by atoms with Gasteiger partial charge in [-0.25, -0.2) is 4.98 Å². The lowest BCUT2D eigenvalue weighted by Gasteiger charge is -2.42. The highest BCUT2D eigenvalue weighted by molar-refractivity contribution is 5.29. The van der Waals surface area contributed by atoms with Gasteiger partial charge in [0, 0.05) is 37.8 Å². The van der Waals surface area contributed by atoms with Crippen LogP contribution in [0.3, 0.4) is 0 Å². The molecule has 24 heavy (non-hydrogen) atoms. The second-order valence-electron chi connectivity index (χ2n) is 7.48. The Hall–Kier alpha value is -1.72. The third-order valence-electron chi connectivity index (χ3n) is 5.13. The Labute approximate surface area is 145 Å². The predicted molar refractivity (Wildman–Crippen MR) is 96.7 cm³/mol. The zero-order valence-electron chi connectivity index (χ0n) is 15.1. The van der Waals surface area contributed by atoms with Crippen LogP contribution in [0.4, 0.5) is 0 Å². The predicted octanol–water partition coefficient (Wildman–Crippen LogP) is 2.48. The van der Waals surface area contributed by atoms with E-state index in [0.29, 0.717) is 6.04 Å². The number of benzene rings is 1. The number of nitrogens with zero attached hydrogens (tertiary/aromatic N) is 4. The maximum atomic E-state index is 4.16. The minimum absolute atomic E-state index is 0.148. The first kappa shape index (κ1) is 17.1. The van der Waals surface area contributed by atoms with E-state index in [1.54, 1.807) is 12.7 Å². The Balaban J connectivity index is 1.49. The highest BCUT2D eigenvalue weighted by atomic mass is 15.3. The van der Waals surface area contributed by atoms with Crippen molar-refractivity contribution in [3.63, 3.8) is 0 Å². The lowest BCUT2D eigenvalue weighted by Crippen LogP contribution is -2.53. The van der Waals surface area contributed by atoms with E-state index in [0.717, 1.165) is 39.0 Å². The number of aromatic nitrogens is 3. The van der Waals surface area contributed by atoms with Gasteiger partial charge < -0.3 is 5.32 Å². The molecule has 0 bridgehead atoms. The summed E-state index contributed by atoms with van der Waals surface area (Å²) in [6.45, 7) is 11.0. The van der Waals surface area contributed by atoms with E-state index in [2.05, 4.69) is 65.3 Å². The van der Waals surface area contributed by atoms with Gasteiger partial charge in [0.25, 0.3) is 0 Å². The average molecular weight is 327 g/mol. The smallest absolute Gasteiger partial charge is 0.137 e. The van der Waals surface area contributed by atoms with Crippen molar-refractivity contribution < 1.29 is 0 Å². The van der Waals surface area contributed by atoms with Crippen molar-refractivity contribution >= 4 is 0 Å². The highest BCUT2D eigenvalue weighted by Gasteiger charge is 2.29. The molecule has 0 spiro atoms. The average Bonchev–Trinajstić information content (AvgIpc) is 3.11. The van der Waals surface area contributed by atoms with E-state index >= 15 is 0 Å². The van der Waals surface area contributed by atoms with Gasteiger partial charge in [0.05, 0.1) is 0 Å². The van der Waals surface area contributed by atoms with Crippen molar-refractivity contribution in [2.75, 3.05) is 13.1 Å². The van der Waals surface area contributed by atoms with E-state index < -0.39 is 0 Å². The van der Waals surface area contributed by atoms with Crippen LogP contribution >= 0.6 is 0 Å². The topological polar surface area (TPSA) is 46.0 Å². The largest absolute Gasteiger partial charge is 0.312 e. The number of rotatable bonds is 7. The SMILES string of the molecule is C[C@H](CCn1cncn1)NCC(C)(C)N1CCc2ccccc2C1. The minimum atomic E-state index is 0.148. The van der Waals surface area contributed by atoms with Crippen molar-refractivity contribution in [1.82, 2.24) is 25.0 Å². The molecule has 1 atom stereocenters. The summed E-state index contributed by atoms with van der Waals surface area (Å²) in [7, 11) is 0. The van der Waals surface area contributed by atoms with Crippen LogP contribution < -0.4 is 5.32 Å². The fourth-order valence-electron chi connectivity index (χ4n) is 3.32. The molecular formula is C19H29N5. The molecule has 2 heterocycles. The van der Waals surface area contributed by atoms with Gasteiger partial charge in [-0.2, -0.15) is 5.10 Å². The Morgan fingerprint density at radius 1 is 1.25 bits per heavy atom. The number of nitrogens with one attached hydrogen (secondary N) is 1. The van der Waals surface area contributed by atoms with Crippen molar-refractivity contribution in [3.8, 4) is 0 Å². The van der Waals surface area contributed by atoms with Crippen molar-refractivity contribution in [3.05, 3.63) is 48.0 Å². The summed E-state index contributed by atoms with van der Waals surface area (Å²) < 4.78 is 1.89. The normalized spacial score (nSPS) is 16.8. The van der Waals surface area contributed by atoms with Crippen LogP contribution in [0.25, 0.3) is 0 Å². The zero-order chi connectivity index (χ0) is 17.0. The second-order valence-corrected chi connectivity index (χ2v) is 7.48. The molecule has 3 rings (SSSR count). The molecule has 2 aromatic rings. The molecule has 130 valence electrons. The van der Waals surface area contributed by atoms with Gasteiger partial charge in [0.2, 0.25) is 0 Å². The molecule has 0 saturated carbocycles. The zero-order valence-corrected chi connectivity index (χ0v) is 15.1. The van der Waals surface area contributed by atoms with Crippen LogP contribution in [-0.2, 0) is 19.5 Å². The van der Waals surface area contributed by atoms with Crippen molar-refractivity contribution in [2.45, 2.75) is 58.3 Å². The molecular weight excluding hydrogens is 298 g/mol. The molecule has 1 aromatic carbocycles. The molecule has 5 heteroatoms. The molecule has 0 aliphatic carbocycles. The Kier molecular flexibility index (Phi) is 5.31. The molecule has 0 radical (unpaired) electrons. The van der Waals surface area contributed by atoms with E-state index in [4.69, 9.17) is 0 Å². The number of hydrogen-bond acceptors (Lipinski definition) is 4. The van der Waals surface area contributed by atoms with Gasteiger partial charge in [-0.3, -0.25) is 9.58 Å². The fourth-order valence-corrected chi connectivity index (χ4v) is 3.32. The van der Waals surface area contributed by atoms with Gasteiger partial charge in [-0.1, -0.05) is 24.3 Å². The molecule has 0 fully saturated rings. The summed E-state index contributed by atoms with van der Waals surface area (Å²) in [6, 6.07) is 9.30. The molecule has 1 aliphatic rings. The molecule has 5 nitrogen and oxygen atoms in total. The van der Waals surface area contributed by atoms with Gasteiger partial charge in [0.1, 0.15) is 12.7 Å². The second kappa shape index (κ2) is 7.45. The lowest BCUT2D eigenvalue weighted by atomic mass is 9.94. The summed E-state index contributed by atoms with van der Waals surface area (Å²) in [5.74, 6) is 0. The first-order valence-corrected chi connectivity index (χ1v) is 8.92. The number of aryl methyl sites for hydroxylation is 1. The van der Waals surface area contributed by atoms with Crippen LogP contribution in [0, 0.1) is 0 Å². The molecule has 1 N–H and O–H groups in total. The van der Waals surface area contributed by atoms with Crippen LogP contribution in [0.15, 0.2) is 36.9 Å².